The van der Waals surface area contributed by atoms with Crippen LogP contribution in [0.5, 0.6) is 0 Å². The van der Waals surface area contributed by atoms with E-state index in [1.165, 1.54) is 5.43 Å². The lowest BCUT2D eigenvalue weighted by Gasteiger charge is -2.20. The molecule has 1 atom stereocenters. The molecule has 7 nitrogen and oxygen atoms in total. The Balaban J connectivity index is 2.23. The van der Waals surface area contributed by atoms with Crippen molar-refractivity contribution in [3.8, 4) is 0 Å². The van der Waals surface area contributed by atoms with E-state index in [0.717, 1.165) is 11.3 Å². The third kappa shape index (κ3) is 4.80. The van der Waals surface area contributed by atoms with Gasteiger partial charge in [0.05, 0.1) is 7.05 Å². The number of guanidine groups is 1. The zero-order chi connectivity index (χ0) is 16.5. The summed E-state index contributed by atoms with van der Waals surface area (Å²) in [6, 6.07) is 18.4. The standard InChI is InChI=1S/C16H20N6O/c1-18-22-16(21-17)20-15(23)14(12-8-4-2-5-9-12)19-13-10-6-3-7-11-13/h2-11,14,18-19H,17H2,1H3,(H2,20,21,22,23)/p+1. The normalized spacial score (nSPS) is 12.3. The van der Waals surface area contributed by atoms with Crippen LogP contribution in [0, 0.1) is 0 Å². The smallest absolute Gasteiger partial charge is 0.270 e. The Labute approximate surface area is 134 Å². The molecule has 23 heavy (non-hydrogen) atoms. The van der Waals surface area contributed by atoms with Crippen molar-refractivity contribution in [2.45, 2.75) is 6.04 Å². The van der Waals surface area contributed by atoms with E-state index in [1.54, 1.807) is 7.05 Å². The highest BCUT2D eigenvalue weighted by Gasteiger charge is 2.21. The molecule has 7 N–H and O–H groups in total. The summed E-state index contributed by atoms with van der Waals surface area (Å²) in [5.74, 6) is 5.29. The Morgan fingerprint density at radius 2 is 1.70 bits per heavy atom. The van der Waals surface area contributed by atoms with Crippen molar-refractivity contribution >= 4 is 17.6 Å². The molecule has 0 fully saturated rings. The first kappa shape index (κ1) is 16.5. The molecule has 1 amide bonds. The maximum Gasteiger partial charge on any atom is 0.270 e. The van der Waals surface area contributed by atoms with Crippen LogP contribution in [0.2, 0.25) is 0 Å². The number of nitrogens with one attached hydrogen (secondary N) is 3. The molecule has 7 heteroatoms. The molecule has 0 saturated heterocycles. The van der Waals surface area contributed by atoms with Crippen molar-refractivity contribution in [3.63, 3.8) is 0 Å². The average molecular weight is 313 g/mol. The van der Waals surface area contributed by atoms with Gasteiger partial charge >= 0.3 is 0 Å². The van der Waals surface area contributed by atoms with E-state index in [0.29, 0.717) is 0 Å². The summed E-state index contributed by atoms with van der Waals surface area (Å²) in [6.45, 7) is 0. The highest BCUT2D eigenvalue weighted by Crippen LogP contribution is 2.19. The summed E-state index contributed by atoms with van der Waals surface area (Å²) in [5, 5.41) is 9.85. The Morgan fingerprint density at radius 3 is 2.26 bits per heavy atom. The molecule has 2 aromatic rings. The molecule has 2 aromatic carbocycles. The van der Waals surface area contributed by atoms with E-state index < -0.39 is 6.04 Å². The van der Waals surface area contributed by atoms with Gasteiger partial charge in [-0.15, -0.1) is 0 Å². The molecule has 120 valence electrons. The second-order valence-electron chi connectivity index (χ2n) is 4.72. The van der Waals surface area contributed by atoms with Gasteiger partial charge in [0.15, 0.2) is 0 Å². The number of anilines is 1. The van der Waals surface area contributed by atoms with Crippen molar-refractivity contribution < 1.29 is 10.2 Å². The Hall–Kier alpha value is -2.90. The lowest BCUT2D eigenvalue weighted by Crippen LogP contribution is -2.75. The zero-order valence-corrected chi connectivity index (χ0v) is 12.9. The monoisotopic (exact) mass is 313 g/mol. The van der Waals surface area contributed by atoms with Gasteiger partial charge in [-0.1, -0.05) is 48.5 Å². The first-order valence-electron chi connectivity index (χ1n) is 7.24. The summed E-state index contributed by atoms with van der Waals surface area (Å²) < 4.78 is 0. The summed E-state index contributed by atoms with van der Waals surface area (Å²) in [7, 11) is 1.74. The van der Waals surface area contributed by atoms with Crippen LogP contribution < -0.4 is 27.3 Å². The second-order valence-corrected chi connectivity index (χ2v) is 4.72. The summed E-state index contributed by atoms with van der Waals surface area (Å²) in [5.41, 5.74) is 5.59. The number of nitrogens with zero attached hydrogens (tertiary/aromatic N) is 1. The number of carbonyl (C=O) groups excluding carboxylic acids is 1. The Bertz CT molecular complexity index is 644. The summed E-state index contributed by atoms with van der Waals surface area (Å²) in [4.78, 5) is 12.6. The number of hydrogen-bond acceptors (Lipinski definition) is 4. The third-order valence-corrected chi connectivity index (χ3v) is 3.12. The van der Waals surface area contributed by atoms with Crippen LogP contribution >= 0.6 is 0 Å². The molecule has 0 aliphatic carbocycles. The number of amides is 1. The van der Waals surface area contributed by atoms with Gasteiger partial charge in [-0.3, -0.25) is 15.5 Å². The predicted molar refractivity (Wildman–Crippen MR) is 90.0 cm³/mol. The highest BCUT2D eigenvalue weighted by atomic mass is 16.2. The van der Waals surface area contributed by atoms with E-state index in [9.17, 15) is 4.79 Å². The van der Waals surface area contributed by atoms with E-state index in [1.807, 2.05) is 60.7 Å². The first-order chi connectivity index (χ1) is 11.2. The summed E-state index contributed by atoms with van der Waals surface area (Å²) >= 11 is 0. The van der Waals surface area contributed by atoms with Crippen LogP contribution in [0.3, 0.4) is 0 Å². The second kappa shape index (κ2) is 8.52. The predicted octanol–water partition coefficient (Wildman–Crippen LogP) is -0.116. The lowest BCUT2D eigenvalue weighted by atomic mass is 10.1. The molecule has 0 aromatic heterocycles. The minimum atomic E-state index is -0.575. The first-order valence-corrected chi connectivity index (χ1v) is 7.24. The van der Waals surface area contributed by atoms with Crippen LogP contribution in [0.4, 0.5) is 5.69 Å². The molecule has 2 rings (SSSR count). The fourth-order valence-electron chi connectivity index (χ4n) is 2.07. The molecule has 0 spiro atoms. The van der Waals surface area contributed by atoms with Crippen LogP contribution in [0.15, 0.2) is 65.8 Å². The minimum absolute atomic E-state index is 0.188. The van der Waals surface area contributed by atoms with Gasteiger partial charge in [-0.05, 0) is 22.8 Å². The number of benzene rings is 2. The average Bonchev–Trinajstić information content (AvgIpc) is 2.60. The molecule has 0 saturated carbocycles. The van der Waals surface area contributed by atoms with Gasteiger partial charge in [-0.2, -0.15) is 0 Å². The fraction of sp³-hybridized carbons (Fsp3) is 0.125. The van der Waals surface area contributed by atoms with E-state index >= 15 is 0 Å². The van der Waals surface area contributed by atoms with Crippen molar-refractivity contribution in [1.29, 1.82) is 0 Å². The number of hydrazine groups is 1. The van der Waals surface area contributed by atoms with E-state index in [2.05, 4.69) is 21.2 Å². The molecule has 0 aliphatic rings. The maximum atomic E-state index is 12.6. The lowest BCUT2D eigenvalue weighted by molar-refractivity contribution is -0.633. The SMILES string of the molecule is C[NH2+]/N=C(\NN)NC(=O)C(Nc1ccccc1)c1ccccc1. The number of nitrogens with two attached hydrogens (primary N) is 2. The zero-order valence-electron chi connectivity index (χ0n) is 12.9. The van der Waals surface area contributed by atoms with Crippen LogP contribution in [-0.4, -0.2) is 18.9 Å². The van der Waals surface area contributed by atoms with Gasteiger partial charge < -0.3 is 5.32 Å². The number of carbonyl (C=O) groups is 1. The molecular formula is C16H21N6O+. The van der Waals surface area contributed by atoms with E-state index in [-0.39, 0.29) is 11.9 Å². The third-order valence-electron chi connectivity index (χ3n) is 3.12. The van der Waals surface area contributed by atoms with Gasteiger partial charge in [0.1, 0.15) is 6.04 Å². The van der Waals surface area contributed by atoms with Crippen molar-refractivity contribution in [2.75, 3.05) is 12.4 Å². The fourth-order valence-corrected chi connectivity index (χ4v) is 2.07. The van der Waals surface area contributed by atoms with Gasteiger partial charge in [-0.25, -0.2) is 11.3 Å². The Kier molecular flexibility index (Phi) is 6.10. The molecule has 0 radical (unpaired) electrons. The van der Waals surface area contributed by atoms with Gasteiger partial charge in [0, 0.05) is 5.69 Å². The minimum Gasteiger partial charge on any atom is -0.370 e. The number of rotatable bonds is 5. The van der Waals surface area contributed by atoms with E-state index in [4.69, 9.17) is 5.84 Å². The molecule has 1 unspecified atom stereocenters. The van der Waals surface area contributed by atoms with Gasteiger partial charge in [0.2, 0.25) is 0 Å². The van der Waals surface area contributed by atoms with Crippen molar-refractivity contribution in [1.82, 2.24) is 10.7 Å². The van der Waals surface area contributed by atoms with Crippen LogP contribution in [0.1, 0.15) is 11.6 Å². The quantitative estimate of drug-likeness (QED) is 0.230. The number of quaternary nitrogens is 1. The highest BCUT2D eigenvalue weighted by molar-refractivity contribution is 6.00. The van der Waals surface area contributed by atoms with Crippen LogP contribution in [0.25, 0.3) is 0 Å². The Morgan fingerprint density at radius 1 is 1.09 bits per heavy atom. The molecular weight excluding hydrogens is 292 g/mol. The molecule has 0 bridgehead atoms. The molecule has 0 heterocycles. The number of hydrogen-bond donors (Lipinski definition) is 5. The van der Waals surface area contributed by atoms with Crippen LogP contribution in [-0.2, 0) is 4.79 Å². The summed E-state index contributed by atoms with van der Waals surface area (Å²) in [6.07, 6.45) is 0. The van der Waals surface area contributed by atoms with Crippen molar-refractivity contribution in [3.05, 3.63) is 66.2 Å². The number of para-hydroxylation sites is 1. The molecule has 0 aliphatic heterocycles. The van der Waals surface area contributed by atoms with Crippen molar-refractivity contribution in [2.24, 2.45) is 10.9 Å². The largest absolute Gasteiger partial charge is 0.370 e. The topological polar surface area (TPSA) is 108 Å². The van der Waals surface area contributed by atoms with Gasteiger partial charge in [0.25, 0.3) is 11.9 Å². The maximum absolute atomic E-state index is 12.6.